The molecule has 1 spiro atoms. The van der Waals surface area contributed by atoms with Crippen LogP contribution in [0.3, 0.4) is 0 Å². The van der Waals surface area contributed by atoms with Gasteiger partial charge in [-0.2, -0.15) is 0 Å². The van der Waals surface area contributed by atoms with Gasteiger partial charge < -0.3 is 24.4 Å². The topological polar surface area (TPSA) is 97.4 Å². The number of ether oxygens (including phenoxy) is 3. The summed E-state index contributed by atoms with van der Waals surface area (Å²) < 4.78 is 29.9. The molecule has 2 saturated heterocycles. The maximum absolute atomic E-state index is 13.6. The lowest BCUT2D eigenvalue weighted by Gasteiger charge is -2.44. The van der Waals surface area contributed by atoms with Crippen molar-refractivity contribution in [2.24, 2.45) is 0 Å². The number of methoxy groups -OCH3 is 2. The number of carbonyl (C=O) groups excluding carboxylic acids is 3. The van der Waals surface area contributed by atoms with Gasteiger partial charge in [-0.25, -0.2) is 4.39 Å². The lowest BCUT2D eigenvalue weighted by molar-refractivity contribution is -0.128. The number of carbonyl (C=O) groups is 3. The number of amides is 3. The summed E-state index contributed by atoms with van der Waals surface area (Å²) in [7, 11) is 3.07. The molecule has 9 nitrogen and oxygen atoms in total. The minimum absolute atomic E-state index is 0.0234. The second kappa shape index (κ2) is 11.0. The molecule has 2 aromatic carbocycles. The molecule has 0 saturated carbocycles. The van der Waals surface area contributed by atoms with Crippen LogP contribution in [0.2, 0.25) is 0 Å². The third kappa shape index (κ3) is 5.19. The molecule has 4 rings (SSSR count). The van der Waals surface area contributed by atoms with E-state index in [4.69, 9.17) is 14.2 Å². The van der Waals surface area contributed by atoms with Gasteiger partial charge in [0.15, 0.2) is 0 Å². The Morgan fingerprint density at radius 2 is 1.78 bits per heavy atom. The van der Waals surface area contributed by atoms with Crippen molar-refractivity contribution in [3.8, 4) is 5.75 Å². The Kier molecular flexibility index (Phi) is 7.85. The second-order valence-electron chi connectivity index (χ2n) is 8.76. The number of piperidine rings is 1. The van der Waals surface area contributed by atoms with Gasteiger partial charge in [-0.3, -0.25) is 19.3 Å². The number of hydrogen-bond donors (Lipinski definition) is 1. The molecule has 192 valence electrons. The van der Waals surface area contributed by atoms with Crippen LogP contribution in [0, 0.1) is 5.82 Å². The smallest absolute Gasteiger partial charge is 0.256 e. The molecule has 2 heterocycles. The van der Waals surface area contributed by atoms with Crippen LogP contribution in [0.4, 0.5) is 4.39 Å². The Morgan fingerprint density at radius 1 is 1.06 bits per heavy atom. The van der Waals surface area contributed by atoms with Crippen molar-refractivity contribution in [2.45, 2.75) is 24.6 Å². The fourth-order valence-corrected chi connectivity index (χ4v) is 4.69. The van der Waals surface area contributed by atoms with E-state index in [1.807, 2.05) is 0 Å². The minimum atomic E-state index is -1.06. The van der Waals surface area contributed by atoms with Crippen molar-refractivity contribution in [3.05, 3.63) is 65.5 Å². The van der Waals surface area contributed by atoms with Crippen molar-refractivity contribution in [2.75, 3.05) is 47.1 Å². The molecule has 0 bridgehead atoms. The molecule has 0 aliphatic carbocycles. The number of rotatable bonds is 7. The summed E-state index contributed by atoms with van der Waals surface area (Å²) in [6, 6.07) is 11.3. The molecule has 1 atom stereocenters. The molecule has 2 aliphatic rings. The van der Waals surface area contributed by atoms with Crippen molar-refractivity contribution in [3.63, 3.8) is 0 Å². The van der Waals surface area contributed by atoms with Crippen LogP contribution < -0.4 is 10.1 Å². The molecular formula is C26H30FN3O6. The molecule has 10 heteroatoms. The van der Waals surface area contributed by atoms with Crippen LogP contribution >= 0.6 is 0 Å². The summed E-state index contributed by atoms with van der Waals surface area (Å²) in [6.45, 7) is 1.32. The van der Waals surface area contributed by atoms with E-state index in [0.717, 1.165) is 0 Å². The Morgan fingerprint density at radius 3 is 2.44 bits per heavy atom. The third-order valence-corrected chi connectivity index (χ3v) is 6.63. The lowest BCUT2D eigenvalue weighted by Crippen LogP contribution is -2.60. The van der Waals surface area contributed by atoms with E-state index >= 15 is 0 Å². The highest BCUT2D eigenvalue weighted by Crippen LogP contribution is 2.39. The zero-order valence-corrected chi connectivity index (χ0v) is 20.4. The van der Waals surface area contributed by atoms with Gasteiger partial charge in [0.05, 0.1) is 20.3 Å². The Bertz CT molecular complexity index is 1100. The summed E-state index contributed by atoms with van der Waals surface area (Å²) >= 11 is 0. The number of halogens is 1. The number of benzene rings is 2. The first-order valence-corrected chi connectivity index (χ1v) is 11.8. The van der Waals surface area contributed by atoms with Gasteiger partial charge in [-0.15, -0.1) is 0 Å². The average molecular weight is 500 g/mol. The Hall–Kier alpha value is -3.50. The Balaban J connectivity index is 1.54. The maximum atomic E-state index is 13.6. The van der Waals surface area contributed by atoms with Gasteiger partial charge in [0.1, 0.15) is 23.3 Å². The summed E-state index contributed by atoms with van der Waals surface area (Å²) in [4.78, 5) is 42.9. The third-order valence-electron chi connectivity index (χ3n) is 6.63. The van der Waals surface area contributed by atoms with E-state index in [2.05, 4.69) is 5.32 Å². The monoisotopic (exact) mass is 499 g/mol. The molecule has 0 aromatic heterocycles. The van der Waals surface area contributed by atoms with Gasteiger partial charge in [0.25, 0.3) is 11.8 Å². The lowest BCUT2D eigenvalue weighted by atomic mass is 9.96. The van der Waals surface area contributed by atoms with Crippen molar-refractivity contribution in [1.82, 2.24) is 15.1 Å². The molecule has 0 radical (unpaired) electrons. The second-order valence-corrected chi connectivity index (χ2v) is 8.76. The van der Waals surface area contributed by atoms with Crippen LogP contribution in [-0.4, -0.2) is 86.4 Å². The van der Waals surface area contributed by atoms with Crippen LogP contribution in [0.1, 0.15) is 33.6 Å². The van der Waals surface area contributed by atoms with Gasteiger partial charge in [-0.1, -0.05) is 6.07 Å². The first-order valence-electron chi connectivity index (χ1n) is 11.8. The predicted molar refractivity (Wildman–Crippen MR) is 128 cm³/mol. The molecule has 2 aliphatic heterocycles. The summed E-state index contributed by atoms with van der Waals surface area (Å²) in [6.07, 6.45) is 0.662. The SMILES string of the molecule is COCCNC(=O)[C@@H]1COC2(CCN(C(=O)c3cccc(OC)c3)CC2)N1C(=O)c1ccc(F)cc1. The van der Waals surface area contributed by atoms with Crippen molar-refractivity contribution < 1.29 is 33.0 Å². The van der Waals surface area contributed by atoms with E-state index in [9.17, 15) is 18.8 Å². The van der Waals surface area contributed by atoms with Crippen molar-refractivity contribution in [1.29, 1.82) is 0 Å². The number of hydrogen-bond acceptors (Lipinski definition) is 6. The fourth-order valence-electron chi connectivity index (χ4n) is 4.69. The highest BCUT2D eigenvalue weighted by molar-refractivity contribution is 5.98. The van der Waals surface area contributed by atoms with Crippen LogP contribution in [0.5, 0.6) is 5.75 Å². The Labute approximate surface area is 209 Å². The zero-order chi connectivity index (χ0) is 25.7. The van der Waals surface area contributed by atoms with E-state index in [0.29, 0.717) is 50.4 Å². The highest BCUT2D eigenvalue weighted by atomic mass is 19.1. The van der Waals surface area contributed by atoms with Gasteiger partial charge in [0.2, 0.25) is 5.91 Å². The molecular weight excluding hydrogens is 469 g/mol. The maximum Gasteiger partial charge on any atom is 0.256 e. The van der Waals surface area contributed by atoms with Gasteiger partial charge in [-0.05, 0) is 42.5 Å². The average Bonchev–Trinajstić information content (AvgIpc) is 3.27. The summed E-state index contributed by atoms with van der Waals surface area (Å²) in [5, 5.41) is 2.78. The quantitative estimate of drug-likeness (QED) is 0.586. The molecule has 2 aromatic rings. The molecule has 0 unspecified atom stereocenters. The molecule has 36 heavy (non-hydrogen) atoms. The van der Waals surface area contributed by atoms with Crippen molar-refractivity contribution >= 4 is 17.7 Å². The van der Waals surface area contributed by atoms with E-state index in [-0.39, 0.29) is 24.0 Å². The first kappa shape index (κ1) is 25.6. The van der Waals surface area contributed by atoms with Crippen LogP contribution in [-0.2, 0) is 14.3 Å². The van der Waals surface area contributed by atoms with E-state index in [1.54, 1.807) is 36.3 Å². The molecule has 2 fully saturated rings. The van der Waals surface area contributed by atoms with E-state index < -0.39 is 23.5 Å². The van der Waals surface area contributed by atoms with Crippen LogP contribution in [0.25, 0.3) is 0 Å². The zero-order valence-electron chi connectivity index (χ0n) is 20.4. The molecule has 1 N–H and O–H groups in total. The normalized spacial score (nSPS) is 18.8. The summed E-state index contributed by atoms with van der Waals surface area (Å²) in [5.41, 5.74) is -0.294. The first-order chi connectivity index (χ1) is 17.4. The highest BCUT2D eigenvalue weighted by Gasteiger charge is 2.54. The fraction of sp³-hybridized carbons (Fsp3) is 0.423. The van der Waals surface area contributed by atoms with Gasteiger partial charge >= 0.3 is 0 Å². The number of nitrogens with one attached hydrogen (secondary N) is 1. The van der Waals surface area contributed by atoms with Crippen LogP contribution in [0.15, 0.2) is 48.5 Å². The largest absolute Gasteiger partial charge is 0.497 e. The molecule has 3 amide bonds. The van der Waals surface area contributed by atoms with E-state index in [1.165, 1.54) is 36.3 Å². The number of nitrogens with zero attached hydrogens (tertiary/aromatic N) is 2. The summed E-state index contributed by atoms with van der Waals surface area (Å²) in [5.74, 6) is -0.794. The predicted octanol–water partition coefficient (Wildman–Crippen LogP) is 2.07. The number of likely N-dealkylation sites (tertiary alicyclic amines) is 1. The van der Waals surface area contributed by atoms with Gasteiger partial charge in [0, 0.05) is 50.7 Å². The standard InChI is InChI=1S/C26H30FN3O6/c1-34-15-12-28-23(31)22-17-36-26(30(22)25(33)18-6-8-20(27)9-7-18)10-13-29(14-11-26)24(32)19-4-3-5-21(16-19)35-2/h3-9,16,22H,10-15,17H2,1-2H3,(H,28,31)/t22-/m0/s1. The minimum Gasteiger partial charge on any atom is -0.497 e.